The van der Waals surface area contributed by atoms with Gasteiger partial charge in [0.25, 0.3) is 5.91 Å². The summed E-state index contributed by atoms with van der Waals surface area (Å²) < 4.78 is 6.18. The summed E-state index contributed by atoms with van der Waals surface area (Å²) in [6.45, 7) is 3.53. The van der Waals surface area contributed by atoms with Gasteiger partial charge in [-0.25, -0.2) is 4.98 Å². The maximum Gasteiger partial charge on any atom is 0.270 e. The first-order chi connectivity index (χ1) is 8.16. The molecule has 2 atom stereocenters. The zero-order valence-electron chi connectivity index (χ0n) is 9.65. The number of carbonyl (C=O) groups excluding carboxylic acids is 1. The maximum atomic E-state index is 11.9. The van der Waals surface area contributed by atoms with Crippen molar-refractivity contribution in [2.24, 2.45) is 5.92 Å². The van der Waals surface area contributed by atoms with Crippen molar-refractivity contribution in [2.45, 2.75) is 19.4 Å². The van der Waals surface area contributed by atoms with Crippen molar-refractivity contribution in [3.05, 3.63) is 28.5 Å². The normalized spacial score (nSPS) is 21.2. The Kier molecular flexibility index (Phi) is 4.12. The molecule has 0 aromatic carbocycles. The number of halogens is 1. The van der Waals surface area contributed by atoms with Crippen LogP contribution in [-0.4, -0.2) is 30.1 Å². The molecule has 1 aliphatic rings. The molecule has 1 fully saturated rings. The van der Waals surface area contributed by atoms with E-state index in [1.165, 1.54) is 0 Å². The van der Waals surface area contributed by atoms with E-state index < -0.39 is 0 Å². The molecule has 0 saturated carbocycles. The van der Waals surface area contributed by atoms with Crippen molar-refractivity contribution in [1.82, 2.24) is 10.3 Å². The third kappa shape index (κ3) is 3.26. The second kappa shape index (κ2) is 5.60. The molecule has 1 amide bonds. The molecule has 1 saturated heterocycles. The SMILES string of the molecule is CC(NC(=O)c1ccc(Br)cn1)C1CCOC1. The zero-order valence-corrected chi connectivity index (χ0v) is 11.2. The lowest BCUT2D eigenvalue weighted by atomic mass is 10.0. The molecule has 0 spiro atoms. The molecule has 17 heavy (non-hydrogen) atoms. The summed E-state index contributed by atoms with van der Waals surface area (Å²) in [4.78, 5) is 16.0. The smallest absolute Gasteiger partial charge is 0.270 e. The summed E-state index contributed by atoms with van der Waals surface area (Å²) >= 11 is 3.29. The number of hydrogen-bond donors (Lipinski definition) is 1. The van der Waals surface area contributed by atoms with Crippen LogP contribution in [0.1, 0.15) is 23.8 Å². The molecule has 1 aliphatic heterocycles. The van der Waals surface area contributed by atoms with Gasteiger partial charge in [0.05, 0.1) is 6.61 Å². The minimum absolute atomic E-state index is 0.121. The van der Waals surface area contributed by atoms with E-state index in [4.69, 9.17) is 4.74 Å². The van der Waals surface area contributed by atoms with Gasteiger partial charge in [0.1, 0.15) is 5.69 Å². The van der Waals surface area contributed by atoms with E-state index >= 15 is 0 Å². The van der Waals surface area contributed by atoms with Gasteiger partial charge in [-0.05, 0) is 41.4 Å². The summed E-state index contributed by atoms with van der Waals surface area (Å²) in [6.07, 6.45) is 2.63. The van der Waals surface area contributed by atoms with Crippen LogP contribution in [0.25, 0.3) is 0 Å². The molecule has 0 radical (unpaired) electrons. The number of pyridine rings is 1. The fraction of sp³-hybridized carbons (Fsp3) is 0.500. The van der Waals surface area contributed by atoms with Crippen LogP contribution in [0.4, 0.5) is 0 Å². The van der Waals surface area contributed by atoms with Crippen LogP contribution in [0.15, 0.2) is 22.8 Å². The Bertz CT molecular complexity index is 388. The van der Waals surface area contributed by atoms with Crippen molar-refractivity contribution in [3.8, 4) is 0 Å². The highest BCUT2D eigenvalue weighted by molar-refractivity contribution is 9.10. The fourth-order valence-electron chi connectivity index (χ4n) is 1.86. The summed E-state index contributed by atoms with van der Waals surface area (Å²) in [5, 5.41) is 2.96. The zero-order chi connectivity index (χ0) is 12.3. The van der Waals surface area contributed by atoms with Gasteiger partial charge in [-0.3, -0.25) is 4.79 Å². The number of ether oxygens (including phenoxy) is 1. The lowest BCUT2D eigenvalue weighted by molar-refractivity contribution is 0.0917. The van der Waals surface area contributed by atoms with Gasteiger partial charge < -0.3 is 10.1 Å². The van der Waals surface area contributed by atoms with E-state index in [0.717, 1.165) is 24.1 Å². The Balaban J connectivity index is 1.94. The number of rotatable bonds is 3. The van der Waals surface area contributed by atoms with Gasteiger partial charge in [0, 0.05) is 29.2 Å². The second-order valence-electron chi connectivity index (χ2n) is 4.25. The van der Waals surface area contributed by atoms with Gasteiger partial charge in [0.2, 0.25) is 0 Å². The molecule has 0 aliphatic carbocycles. The van der Waals surface area contributed by atoms with Crippen LogP contribution >= 0.6 is 15.9 Å². The maximum absolute atomic E-state index is 11.9. The van der Waals surface area contributed by atoms with Gasteiger partial charge in [-0.1, -0.05) is 0 Å². The molecule has 4 nitrogen and oxygen atoms in total. The molecule has 1 N–H and O–H groups in total. The molecule has 92 valence electrons. The summed E-state index contributed by atoms with van der Waals surface area (Å²) in [5.74, 6) is 0.284. The number of carbonyl (C=O) groups is 1. The quantitative estimate of drug-likeness (QED) is 0.928. The van der Waals surface area contributed by atoms with E-state index in [0.29, 0.717) is 11.6 Å². The van der Waals surface area contributed by atoms with Crippen molar-refractivity contribution in [2.75, 3.05) is 13.2 Å². The van der Waals surface area contributed by atoms with E-state index in [2.05, 4.69) is 26.2 Å². The number of amides is 1. The standard InChI is InChI=1S/C12H15BrN2O2/c1-8(9-4-5-17-7-9)15-12(16)11-3-2-10(13)6-14-11/h2-3,6,8-9H,4-5,7H2,1H3,(H,15,16). The summed E-state index contributed by atoms with van der Waals surface area (Å²) in [7, 11) is 0. The largest absolute Gasteiger partial charge is 0.381 e. The van der Waals surface area contributed by atoms with Crippen molar-refractivity contribution >= 4 is 21.8 Å². The molecule has 2 unspecified atom stereocenters. The first-order valence-corrected chi connectivity index (χ1v) is 6.46. The Hall–Kier alpha value is -0.940. The Labute approximate surface area is 109 Å². The number of nitrogens with zero attached hydrogens (tertiary/aromatic N) is 1. The van der Waals surface area contributed by atoms with Crippen molar-refractivity contribution < 1.29 is 9.53 Å². The molecular weight excluding hydrogens is 284 g/mol. The average Bonchev–Trinajstić information content (AvgIpc) is 2.83. The van der Waals surface area contributed by atoms with E-state index in [1.807, 2.05) is 13.0 Å². The third-order valence-electron chi connectivity index (χ3n) is 2.99. The molecule has 0 bridgehead atoms. The molecule has 5 heteroatoms. The monoisotopic (exact) mass is 298 g/mol. The predicted octanol–water partition coefficient (Wildman–Crippen LogP) is 2.00. The van der Waals surface area contributed by atoms with Gasteiger partial charge in [-0.2, -0.15) is 0 Å². The van der Waals surface area contributed by atoms with Crippen LogP contribution in [-0.2, 0) is 4.74 Å². The van der Waals surface area contributed by atoms with Crippen LogP contribution < -0.4 is 5.32 Å². The minimum Gasteiger partial charge on any atom is -0.381 e. The van der Waals surface area contributed by atoms with Gasteiger partial charge in [-0.15, -0.1) is 0 Å². The number of aromatic nitrogens is 1. The molecular formula is C12H15BrN2O2. The first-order valence-electron chi connectivity index (χ1n) is 5.67. The fourth-order valence-corrected chi connectivity index (χ4v) is 2.09. The highest BCUT2D eigenvalue weighted by Crippen LogP contribution is 2.16. The second-order valence-corrected chi connectivity index (χ2v) is 5.16. The number of hydrogen-bond acceptors (Lipinski definition) is 3. The van der Waals surface area contributed by atoms with Crippen LogP contribution in [0.3, 0.4) is 0 Å². The predicted molar refractivity (Wildman–Crippen MR) is 67.8 cm³/mol. The minimum atomic E-state index is -0.128. The highest BCUT2D eigenvalue weighted by atomic mass is 79.9. The Morgan fingerprint density at radius 3 is 3.06 bits per heavy atom. The van der Waals surface area contributed by atoms with Crippen molar-refractivity contribution in [3.63, 3.8) is 0 Å². The van der Waals surface area contributed by atoms with Crippen molar-refractivity contribution in [1.29, 1.82) is 0 Å². The molecule has 2 heterocycles. The van der Waals surface area contributed by atoms with E-state index in [-0.39, 0.29) is 11.9 Å². The summed E-state index contributed by atoms with van der Waals surface area (Å²) in [5.41, 5.74) is 0.443. The van der Waals surface area contributed by atoms with E-state index in [1.54, 1.807) is 12.3 Å². The lowest BCUT2D eigenvalue weighted by Crippen LogP contribution is -2.38. The molecule has 1 aromatic heterocycles. The van der Waals surface area contributed by atoms with Gasteiger partial charge in [0.15, 0.2) is 0 Å². The average molecular weight is 299 g/mol. The topological polar surface area (TPSA) is 51.2 Å². The first kappa shape index (κ1) is 12.5. The highest BCUT2D eigenvalue weighted by Gasteiger charge is 2.24. The number of nitrogens with one attached hydrogen (secondary N) is 1. The van der Waals surface area contributed by atoms with Crippen LogP contribution in [0.5, 0.6) is 0 Å². The summed E-state index contributed by atoms with van der Waals surface area (Å²) in [6, 6.07) is 3.64. The Morgan fingerprint density at radius 1 is 1.65 bits per heavy atom. The molecule has 1 aromatic rings. The third-order valence-corrected chi connectivity index (χ3v) is 3.46. The lowest BCUT2D eigenvalue weighted by Gasteiger charge is -2.18. The van der Waals surface area contributed by atoms with Crippen LogP contribution in [0.2, 0.25) is 0 Å². The Morgan fingerprint density at radius 2 is 2.47 bits per heavy atom. The van der Waals surface area contributed by atoms with Gasteiger partial charge >= 0.3 is 0 Å². The molecule has 2 rings (SSSR count). The van der Waals surface area contributed by atoms with E-state index in [9.17, 15) is 4.79 Å². The van der Waals surface area contributed by atoms with Crippen LogP contribution in [0, 0.1) is 5.92 Å².